The number of urea groups is 1. The number of aromatic nitrogens is 3. The highest BCUT2D eigenvalue weighted by Crippen LogP contribution is 2.23. The van der Waals surface area contributed by atoms with Crippen LogP contribution in [0, 0.1) is 0 Å². The third-order valence-corrected chi connectivity index (χ3v) is 8.05. The van der Waals surface area contributed by atoms with Gasteiger partial charge in [-0.25, -0.2) is 19.6 Å². The summed E-state index contributed by atoms with van der Waals surface area (Å²) in [6.07, 6.45) is 13.0. The molecule has 0 unspecified atom stereocenters. The molecule has 5 rings (SSSR count). The number of aryl methyl sites for hydroxylation is 2. The molecule has 2 aromatic carbocycles. The lowest BCUT2D eigenvalue weighted by molar-refractivity contribution is -0.00372. The van der Waals surface area contributed by atoms with Crippen LogP contribution in [0.25, 0.3) is 0 Å². The second-order valence-electron chi connectivity index (χ2n) is 11.3. The first-order chi connectivity index (χ1) is 23.1. The second kappa shape index (κ2) is 17.2. The lowest BCUT2D eigenvalue weighted by Crippen LogP contribution is -2.54. The van der Waals surface area contributed by atoms with E-state index in [2.05, 4.69) is 15.0 Å². The Kier molecular flexibility index (Phi) is 12.0. The summed E-state index contributed by atoms with van der Waals surface area (Å²) in [5.41, 5.74) is 4.99. The number of benzene rings is 2. The topological polar surface area (TPSA) is 91.8 Å². The van der Waals surface area contributed by atoms with Gasteiger partial charge in [0.25, 0.3) is 0 Å². The first-order valence-electron chi connectivity index (χ1n) is 15.8. The highest BCUT2D eigenvalue weighted by molar-refractivity contribution is 5.78. The Morgan fingerprint density at radius 1 is 0.596 bits per heavy atom. The lowest BCUT2D eigenvalue weighted by Gasteiger charge is -2.39. The second-order valence-corrected chi connectivity index (χ2v) is 11.3. The maximum Gasteiger partial charge on any atom is 0.428 e. The van der Waals surface area contributed by atoms with Crippen LogP contribution < -0.4 is 0 Å². The summed E-state index contributed by atoms with van der Waals surface area (Å²) in [5, 5.41) is 2.77. The fourth-order valence-corrected chi connectivity index (χ4v) is 5.38. The quantitative estimate of drug-likeness (QED) is 0.129. The van der Waals surface area contributed by atoms with E-state index < -0.39 is 6.09 Å². The number of hydrazine groups is 1. The number of nitrogens with zero attached hydrogens (tertiary/aromatic N) is 6. The summed E-state index contributed by atoms with van der Waals surface area (Å²) in [6, 6.07) is 30.6. The van der Waals surface area contributed by atoms with Crippen LogP contribution in [0.2, 0.25) is 0 Å². The van der Waals surface area contributed by atoms with Crippen molar-refractivity contribution in [1.29, 1.82) is 0 Å². The molecule has 0 radical (unpaired) electrons. The Labute approximate surface area is 276 Å². The molecule has 3 aromatic heterocycles. The van der Waals surface area contributed by atoms with E-state index >= 15 is 0 Å². The molecule has 0 saturated carbocycles. The molecule has 0 spiro atoms. The van der Waals surface area contributed by atoms with E-state index in [0.29, 0.717) is 19.4 Å². The third-order valence-electron chi connectivity index (χ3n) is 8.05. The number of pyridine rings is 3. The van der Waals surface area contributed by atoms with E-state index in [0.717, 1.165) is 40.7 Å². The monoisotopic (exact) mass is 628 g/mol. The number of carbonyl (C=O) groups excluding carboxylic acids is 2. The molecule has 0 aliphatic rings. The fourth-order valence-electron chi connectivity index (χ4n) is 5.38. The Morgan fingerprint density at radius 3 is 1.55 bits per heavy atom. The SMILES string of the molecule is CN(C(=O)OCc1ccccc1)N(Cc1ccccc1)C(=O)N(Cc1ccncc1)C(CCc1ccncc1)CCc1ccncc1. The first-order valence-corrected chi connectivity index (χ1v) is 15.8. The van der Waals surface area contributed by atoms with Crippen LogP contribution in [-0.2, 0) is 37.3 Å². The summed E-state index contributed by atoms with van der Waals surface area (Å²) in [7, 11) is 1.59. The minimum atomic E-state index is -0.618. The molecule has 0 saturated heterocycles. The van der Waals surface area contributed by atoms with Crippen molar-refractivity contribution in [2.24, 2.45) is 0 Å². The number of amides is 3. The van der Waals surface area contributed by atoms with E-state index in [1.165, 1.54) is 10.0 Å². The van der Waals surface area contributed by atoms with Gasteiger partial charge in [0.1, 0.15) is 6.61 Å². The first kappa shape index (κ1) is 32.8. The zero-order chi connectivity index (χ0) is 32.7. The van der Waals surface area contributed by atoms with Gasteiger partial charge in [0.15, 0.2) is 0 Å². The molecule has 9 heteroatoms. The zero-order valence-corrected chi connectivity index (χ0v) is 26.6. The molecular weight excluding hydrogens is 588 g/mol. The molecule has 3 heterocycles. The van der Waals surface area contributed by atoms with Gasteiger partial charge in [-0.2, -0.15) is 0 Å². The number of carbonyl (C=O) groups is 2. The highest BCUT2D eigenvalue weighted by atomic mass is 16.6. The van der Waals surface area contributed by atoms with Gasteiger partial charge < -0.3 is 9.64 Å². The van der Waals surface area contributed by atoms with E-state index in [1.807, 2.05) is 102 Å². The van der Waals surface area contributed by atoms with Crippen LogP contribution in [0.1, 0.15) is 40.7 Å². The Hall–Kier alpha value is -5.57. The van der Waals surface area contributed by atoms with Crippen molar-refractivity contribution >= 4 is 12.1 Å². The van der Waals surface area contributed by atoms with Crippen molar-refractivity contribution in [2.75, 3.05) is 7.05 Å². The van der Waals surface area contributed by atoms with Gasteiger partial charge in [0.2, 0.25) is 0 Å². The van der Waals surface area contributed by atoms with E-state index in [4.69, 9.17) is 4.74 Å². The van der Waals surface area contributed by atoms with Crippen molar-refractivity contribution in [3.05, 3.63) is 162 Å². The summed E-state index contributed by atoms with van der Waals surface area (Å²) >= 11 is 0. The smallest absolute Gasteiger partial charge is 0.428 e. The number of rotatable bonds is 13. The van der Waals surface area contributed by atoms with Crippen LogP contribution in [0.15, 0.2) is 134 Å². The van der Waals surface area contributed by atoms with Crippen molar-refractivity contribution in [2.45, 2.75) is 51.4 Å². The van der Waals surface area contributed by atoms with Crippen LogP contribution >= 0.6 is 0 Å². The van der Waals surface area contributed by atoms with Gasteiger partial charge in [-0.1, -0.05) is 60.7 Å². The number of hydrogen-bond donors (Lipinski definition) is 0. The van der Waals surface area contributed by atoms with Crippen LogP contribution in [0.3, 0.4) is 0 Å². The maximum atomic E-state index is 14.9. The number of ether oxygens (including phenoxy) is 1. The minimum absolute atomic E-state index is 0.0958. The summed E-state index contributed by atoms with van der Waals surface area (Å²) in [4.78, 5) is 42.8. The van der Waals surface area contributed by atoms with Gasteiger partial charge in [0.05, 0.1) is 6.54 Å². The van der Waals surface area contributed by atoms with Crippen molar-refractivity contribution < 1.29 is 14.3 Å². The largest absolute Gasteiger partial charge is 0.443 e. The zero-order valence-electron chi connectivity index (χ0n) is 26.6. The summed E-state index contributed by atoms with van der Waals surface area (Å²) < 4.78 is 5.68. The van der Waals surface area contributed by atoms with Crippen molar-refractivity contribution in [3.8, 4) is 0 Å². The predicted octanol–water partition coefficient (Wildman–Crippen LogP) is 7.11. The van der Waals surface area contributed by atoms with Crippen molar-refractivity contribution in [1.82, 2.24) is 29.9 Å². The van der Waals surface area contributed by atoms with Gasteiger partial charge in [0, 0.05) is 56.8 Å². The molecule has 0 atom stereocenters. The molecule has 5 aromatic rings. The molecule has 0 aliphatic heterocycles. The third kappa shape index (κ3) is 9.96. The molecule has 3 amide bonds. The van der Waals surface area contributed by atoms with Gasteiger partial charge >= 0.3 is 12.1 Å². The Morgan fingerprint density at radius 2 is 1.04 bits per heavy atom. The van der Waals surface area contributed by atoms with E-state index in [-0.39, 0.29) is 25.2 Å². The average molecular weight is 629 g/mol. The van der Waals surface area contributed by atoms with Crippen LogP contribution in [0.5, 0.6) is 0 Å². The molecule has 47 heavy (non-hydrogen) atoms. The van der Waals surface area contributed by atoms with Gasteiger partial charge in [-0.15, -0.1) is 0 Å². The van der Waals surface area contributed by atoms with Gasteiger partial charge in [-0.3, -0.25) is 15.0 Å². The molecule has 240 valence electrons. The Bertz CT molecular complexity index is 1600. The lowest BCUT2D eigenvalue weighted by atomic mass is 9.98. The minimum Gasteiger partial charge on any atom is -0.443 e. The standard InChI is InChI=1S/C38H40N6O3/c1-42(38(46)47-30-35-10-6-3-7-11-35)44(29-33-8-4-2-5-9-33)37(45)43(28-34-20-26-41-27-21-34)36(14-12-31-16-22-39-23-17-31)15-13-32-18-24-40-25-19-32/h2-11,16-27,36H,12-15,28-30H2,1H3. The van der Waals surface area contributed by atoms with Crippen LogP contribution in [-0.4, -0.2) is 55.1 Å². The van der Waals surface area contributed by atoms with Crippen molar-refractivity contribution in [3.63, 3.8) is 0 Å². The van der Waals surface area contributed by atoms with E-state index in [9.17, 15) is 9.59 Å². The summed E-state index contributed by atoms with van der Waals surface area (Å²) in [6.45, 7) is 0.625. The number of hydrogen-bond acceptors (Lipinski definition) is 6. The van der Waals surface area contributed by atoms with Gasteiger partial charge in [-0.05, 0) is 89.9 Å². The summed E-state index contributed by atoms with van der Waals surface area (Å²) in [5.74, 6) is 0. The van der Waals surface area contributed by atoms with E-state index in [1.54, 1.807) is 44.2 Å². The predicted molar refractivity (Wildman–Crippen MR) is 180 cm³/mol. The fraction of sp³-hybridized carbons (Fsp3) is 0.237. The molecule has 0 bridgehead atoms. The molecule has 0 aliphatic carbocycles. The molecular formula is C38H40N6O3. The molecule has 0 N–H and O–H groups in total. The Balaban J connectivity index is 1.46. The normalized spacial score (nSPS) is 10.8. The molecule has 9 nitrogen and oxygen atoms in total. The van der Waals surface area contributed by atoms with Crippen LogP contribution in [0.4, 0.5) is 9.59 Å². The highest BCUT2D eigenvalue weighted by Gasteiger charge is 2.32. The molecule has 0 fully saturated rings. The maximum absolute atomic E-state index is 14.9. The average Bonchev–Trinajstić information content (AvgIpc) is 3.13.